The number of carboxylic acid groups (broad SMARTS) is 1. The Hall–Kier alpha value is -2.25. The highest BCUT2D eigenvalue weighted by Gasteiger charge is 2.64. The predicted molar refractivity (Wildman–Crippen MR) is 64.8 cm³/mol. The Morgan fingerprint density at radius 3 is 2.33 bits per heavy atom. The zero-order valence-corrected chi connectivity index (χ0v) is 10.8. The topological polar surface area (TPSA) is 66.8 Å². The predicted octanol–water partition coefficient (Wildman–Crippen LogP) is 2.52. The van der Waals surface area contributed by atoms with Crippen molar-refractivity contribution < 1.29 is 32.6 Å². The first-order valence-corrected chi connectivity index (χ1v) is 6.08. The first-order chi connectivity index (χ1) is 9.76. The molecule has 5 nitrogen and oxygen atoms in total. The lowest BCUT2D eigenvalue weighted by molar-refractivity contribution is -0.227. The molecule has 8 heteroatoms. The molecule has 1 aliphatic heterocycles. The van der Waals surface area contributed by atoms with Gasteiger partial charge in [-0.3, -0.25) is 4.79 Å². The molecule has 1 atom stereocenters. The molecular formula is C13H12F3NO4. The van der Waals surface area contributed by atoms with Crippen LogP contribution in [0.2, 0.25) is 0 Å². The highest BCUT2D eigenvalue weighted by molar-refractivity contribution is 5.79. The second-order valence-electron chi connectivity index (χ2n) is 4.74. The van der Waals surface area contributed by atoms with E-state index in [1.165, 1.54) is 12.1 Å². The SMILES string of the molecule is O=C(Oc1ccccc1)N1CCC(C(=O)O)(C(F)(F)F)C1. The van der Waals surface area contributed by atoms with Crippen molar-refractivity contribution in [2.45, 2.75) is 12.6 Å². The van der Waals surface area contributed by atoms with E-state index < -0.39 is 36.6 Å². The van der Waals surface area contributed by atoms with Crippen LogP contribution in [0.3, 0.4) is 0 Å². The molecule has 0 spiro atoms. The third-order valence-electron chi connectivity index (χ3n) is 3.43. The molecule has 1 heterocycles. The highest BCUT2D eigenvalue weighted by atomic mass is 19.4. The molecule has 1 aromatic carbocycles. The standard InChI is InChI=1S/C13H12F3NO4/c14-13(15,16)12(10(18)19)6-7-17(8-12)11(20)21-9-4-2-1-3-5-9/h1-5H,6-8H2,(H,18,19). The lowest BCUT2D eigenvalue weighted by Gasteiger charge is -2.26. The van der Waals surface area contributed by atoms with Gasteiger partial charge >= 0.3 is 18.2 Å². The Morgan fingerprint density at radius 2 is 1.86 bits per heavy atom. The summed E-state index contributed by atoms with van der Waals surface area (Å²) in [5.74, 6) is -1.80. The summed E-state index contributed by atoms with van der Waals surface area (Å²) in [6.45, 7) is -1.27. The van der Waals surface area contributed by atoms with Crippen molar-refractivity contribution in [2.75, 3.05) is 13.1 Å². The Balaban J connectivity index is 2.11. The van der Waals surface area contributed by atoms with E-state index in [0.717, 1.165) is 4.90 Å². The van der Waals surface area contributed by atoms with E-state index >= 15 is 0 Å². The average molecular weight is 303 g/mol. The van der Waals surface area contributed by atoms with Gasteiger partial charge in [0.05, 0.1) is 0 Å². The van der Waals surface area contributed by atoms with Crippen molar-refractivity contribution in [3.8, 4) is 5.75 Å². The molecule has 0 saturated carbocycles. The second-order valence-corrected chi connectivity index (χ2v) is 4.74. The summed E-state index contributed by atoms with van der Waals surface area (Å²) in [5.41, 5.74) is -2.93. The molecule has 1 fully saturated rings. The summed E-state index contributed by atoms with van der Waals surface area (Å²) in [7, 11) is 0. The zero-order valence-electron chi connectivity index (χ0n) is 10.8. The fourth-order valence-corrected chi connectivity index (χ4v) is 2.15. The van der Waals surface area contributed by atoms with E-state index in [1.54, 1.807) is 18.2 Å². The fraction of sp³-hybridized carbons (Fsp3) is 0.385. The Labute approximate surface area is 117 Å². The van der Waals surface area contributed by atoms with Crippen LogP contribution in [0.4, 0.5) is 18.0 Å². The normalized spacial score (nSPS) is 22.1. The number of hydrogen-bond acceptors (Lipinski definition) is 3. The lowest BCUT2D eigenvalue weighted by Crippen LogP contribution is -2.48. The van der Waals surface area contributed by atoms with Crippen LogP contribution in [0.5, 0.6) is 5.75 Å². The number of likely N-dealkylation sites (tertiary alicyclic amines) is 1. The molecule has 1 unspecified atom stereocenters. The molecule has 1 aliphatic rings. The summed E-state index contributed by atoms with van der Waals surface area (Å²) < 4.78 is 43.8. The van der Waals surface area contributed by atoms with E-state index in [4.69, 9.17) is 9.84 Å². The number of halogens is 3. The van der Waals surface area contributed by atoms with Crippen LogP contribution in [0.15, 0.2) is 30.3 Å². The maximum atomic E-state index is 13.0. The minimum absolute atomic E-state index is 0.183. The largest absolute Gasteiger partial charge is 0.481 e. The van der Waals surface area contributed by atoms with Crippen LogP contribution in [0, 0.1) is 5.41 Å². The number of alkyl halides is 3. The number of rotatable bonds is 2. The van der Waals surface area contributed by atoms with Crippen LogP contribution in [0.25, 0.3) is 0 Å². The van der Waals surface area contributed by atoms with Crippen LogP contribution < -0.4 is 4.74 Å². The van der Waals surface area contributed by atoms with Gasteiger partial charge in [0.2, 0.25) is 0 Å². The minimum Gasteiger partial charge on any atom is -0.481 e. The van der Waals surface area contributed by atoms with Gasteiger partial charge < -0.3 is 14.7 Å². The van der Waals surface area contributed by atoms with E-state index in [-0.39, 0.29) is 12.3 Å². The van der Waals surface area contributed by atoms with Crippen molar-refractivity contribution in [1.82, 2.24) is 4.90 Å². The maximum absolute atomic E-state index is 13.0. The number of carboxylic acids is 1. The smallest absolute Gasteiger partial charge is 0.415 e. The molecule has 1 aromatic rings. The van der Waals surface area contributed by atoms with Gasteiger partial charge in [0.15, 0.2) is 5.41 Å². The number of carbonyl (C=O) groups is 2. The van der Waals surface area contributed by atoms with E-state index in [1.807, 2.05) is 0 Å². The third kappa shape index (κ3) is 2.79. The van der Waals surface area contributed by atoms with Gasteiger partial charge in [-0.2, -0.15) is 13.2 Å². The van der Waals surface area contributed by atoms with Crippen LogP contribution in [-0.4, -0.2) is 41.3 Å². The van der Waals surface area contributed by atoms with E-state index in [9.17, 15) is 22.8 Å². The molecule has 1 N–H and O–H groups in total. The van der Waals surface area contributed by atoms with Gasteiger partial charge in [-0.05, 0) is 18.6 Å². The number of aliphatic carboxylic acids is 1. The fourth-order valence-electron chi connectivity index (χ4n) is 2.15. The summed E-state index contributed by atoms with van der Waals surface area (Å²) >= 11 is 0. The number of amides is 1. The number of carbonyl (C=O) groups excluding carboxylic acids is 1. The van der Waals surface area contributed by atoms with Gasteiger partial charge in [-0.25, -0.2) is 4.79 Å². The summed E-state index contributed by atoms with van der Waals surface area (Å²) in [6.07, 6.45) is -6.61. The first kappa shape index (κ1) is 15.1. The number of benzene rings is 1. The van der Waals surface area contributed by atoms with Crippen molar-refractivity contribution in [2.24, 2.45) is 5.41 Å². The number of para-hydroxylation sites is 1. The van der Waals surface area contributed by atoms with Crippen molar-refractivity contribution >= 4 is 12.1 Å². The van der Waals surface area contributed by atoms with Crippen LogP contribution in [-0.2, 0) is 4.79 Å². The number of hydrogen-bond donors (Lipinski definition) is 1. The molecule has 0 bridgehead atoms. The molecule has 0 aromatic heterocycles. The summed E-state index contributed by atoms with van der Waals surface area (Å²) in [5, 5.41) is 8.89. The zero-order chi connectivity index (χ0) is 15.7. The molecule has 0 radical (unpaired) electrons. The molecule has 1 amide bonds. The Morgan fingerprint density at radius 1 is 1.24 bits per heavy atom. The van der Waals surface area contributed by atoms with Crippen LogP contribution in [0.1, 0.15) is 6.42 Å². The van der Waals surface area contributed by atoms with Crippen molar-refractivity contribution in [1.29, 1.82) is 0 Å². The van der Waals surface area contributed by atoms with Gasteiger partial charge in [-0.15, -0.1) is 0 Å². The van der Waals surface area contributed by atoms with Crippen molar-refractivity contribution in [3.63, 3.8) is 0 Å². The van der Waals surface area contributed by atoms with E-state index in [0.29, 0.717) is 0 Å². The van der Waals surface area contributed by atoms with Gasteiger partial charge in [0, 0.05) is 13.1 Å². The molecule has 114 valence electrons. The molecule has 2 rings (SSSR count). The van der Waals surface area contributed by atoms with Crippen LogP contribution >= 0.6 is 0 Å². The lowest BCUT2D eigenvalue weighted by atomic mass is 9.86. The third-order valence-corrected chi connectivity index (χ3v) is 3.43. The summed E-state index contributed by atoms with van der Waals surface area (Å²) in [4.78, 5) is 23.6. The Kier molecular flexibility index (Phi) is 3.80. The van der Waals surface area contributed by atoms with Gasteiger partial charge in [-0.1, -0.05) is 18.2 Å². The molecule has 1 saturated heterocycles. The Bertz CT molecular complexity index is 546. The van der Waals surface area contributed by atoms with E-state index in [2.05, 4.69) is 0 Å². The minimum atomic E-state index is -4.93. The maximum Gasteiger partial charge on any atom is 0.415 e. The first-order valence-electron chi connectivity index (χ1n) is 6.08. The van der Waals surface area contributed by atoms with Gasteiger partial charge in [0.25, 0.3) is 0 Å². The monoisotopic (exact) mass is 303 g/mol. The molecule has 21 heavy (non-hydrogen) atoms. The molecular weight excluding hydrogens is 291 g/mol. The van der Waals surface area contributed by atoms with Crippen molar-refractivity contribution in [3.05, 3.63) is 30.3 Å². The molecule has 0 aliphatic carbocycles. The average Bonchev–Trinajstić information content (AvgIpc) is 2.86. The number of nitrogens with zero attached hydrogens (tertiary/aromatic N) is 1. The summed E-state index contributed by atoms with van der Waals surface area (Å²) in [6, 6.07) is 7.84. The highest BCUT2D eigenvalue weighted by Crippen LogP contribution is 2.45. The number of ether oxygens (including phenoxy) is 1. The quantitative estimate of drug-likeness (QED) is 0.911. The second kappa shape index (κ2) is 5.27. The van der Waals surface area contributed by atoms with Gasteiger partial charge in [0.1, 0.15) is 5.75 Å².